The highest BCUT2D eigenvalue weighted by molar-refractivity contribution is 6.13. The van der Waals surface area contributed by atoms with Gasteiger partial charge in [0.15, 0.2) is 23.1 Å². The van der Waals surface area contributed by atoms with Crippen LogP contribution in [0.25, 0.3) is 11.4 Å². The van der Waals surface area contributed by atoms with Gasteiger partial charge in [0.2, 0.25) is 0 Å². The standard InChI is InChI=1S/C46H50N6O7/c1-43(2,3)33-23-27(24-34(41(33)53)44(4,5)6)39(49-47-29-13-17-31(18-14-29)51(55)56)37-21-22-38(59-37)40(50-48-30-15-19-32(20-16-30)52(57)58)28-25-35(45(7,8)9)42(54)36(26-28)46(10,11)12/h13-26H,1-12H3. The number of furan rings is 1. The fourth-order valence-electron chi connectivity index (χ4n) is 6.35. The molecule has 306 valence electrons. The third kappa shape index (κ3) is 9.97. The number of carbonyl (C=O) groups excluding carboxylic acids is 2. The maximum absolute atomic E-state index is 13.9. The number of benzene rings is 2. The largest absolute Gasteiger partial charge is 0.453 e. The Bertz CT molecular complexity index is 2230. The van der Waals surface area contributed by atoms with Crippen LogP contribution in [0.1, 0.15) is 94.6 Å². The molecule has 13 nitrogen and oxygen atoms in total. The Balaban J connectivity index is 1.81. The van der Waals surface area contributed by atoms with Gasteiger partial charge in [-0.25, -0.2) is 0 Å². The molecule has 1 heterocycles. The molecular formula is C46H50N6O7. The summed E-state index contributed by atoms with van der Waals surface area (Å²) in [5.41, 5.74) is 2.29. The molecular weight excluding hydrogens is 749 g/mol. The van der Waals surface area contributed by atoms with E-state index in [2.05, 4.69) is 20.5 Å². The lowest BCUT2D eigenvalue weighted by atomic mass is 9.71. The molecule has 0 atom stereocenters. The lowest BCUT2D eigenvalue weighted by Gasteiger charge is -2.31. The number of azo groups is 2. The number of nitrogens with zero attached hydrogens (tertiary/aromatic N) is 6. The fraction of sp³-hybridized carbons (Fsp3) is 0.348. The summed E-state index contributed by atoms with van der Waals surface area (Å²) in [4.78, 5) is 49.5. The van der Waals surface area contributed by atoms with Crippen molar-refractivity contribution in [2.24, 2.45) is 42.1 Å². The van der Waals surface area contributed by atoms with Crippen molar-refractivity contribution < 1.29 is 23.9 Å². The van der Waals surface area contributed by atoms with Crippen LogP contribution in [-0.4, -0.2) is 21.4 Å². The first kappa shape index (κ1) is 43.6. The summed E-state index contributed by atoms with van der Waals surface area (Å²) in [6.45, 7) is 23.6. The summed E-state index contributed by atoms with van der Waals surface area (Å²) in [5.74, 6) is 0.377. The molecule has 5 rings (SSSR count). The van der Waals surface area contributed by atoms with Crippen LogP contribution >= 0.6 is 0 Å². The van der Waals surface area contributed by atoms with Gasteiger partial charge in [-0.2, -0.15) is 10.2 Å². The van der Waals surface area contributed by atoms with Crippen molar-refractivity contribution in [3.63, 3.8) is 0 Å². The Morgan fingerprint density at radius 1 is 0.475 bits per heavy atom. The van der Waals surface area contributed by atoms with Crippen molar-refractivity contribution in [2.45, 2.75) is 83.1 Å². The zero-order valence-corrected chi connectivity index (χ0v) is 35.6. The molecule has 2 aromatic carbocycles. The third-order valence-electron chi connectivity index (χ3n) is 9.68. The van der Waals surface area contributed by atoms with Crippen LogP contribution in [-0.2, 0) is 9.59 Å². The van der Waals surface area contributed by atoms with Gasteiger partial charge in [-0.15, -0.1) is 10.2 Å². The number of Topliss-reactive ketones (excluding diaryl/α,β-unsaturated/α-hetero) is 2. The van der Waals surface area contributed by atoms with Gasteiger partial charge in [0.1, 0.15) is 11.4 Å². The quantitative estimate of drug-likeness (QED) is 0.123. The molecule has 0 N–H and O–H groups in total. The zero-order valence-electron chi connectivity index (χ0n) is 35.6. The molecule has 0 spiro atoms. The summed E-state index contributed by atoms with van der Waals surface area (Å²) in [6.07, 6.45) is 7.17. The summed E-state index contributed by atoms with van der Waals surface area (Å²) in [5, 5.41) is 40.9. The van der Waals surface area contributed by atoms with Crippen molar-refractivity contribution >= 4 is 45.7 Å². The number of allylic oxidation sites excluding steroid dienone is 10. The summed E-state index contributed by atoms with van der Waals surface area (Å²) < 4.78 is 6.64. The van der Waals surface area contributed by atoms with E-state index in [-0.39, 0.29) is 45.9 Å². The topological polar surface area (TPSA) is 183 Å². The first-order chi connectivity index (χ1) is 27.3. The summed E-state index contributed by atoms with van der Waals surface area (Å²) in [6, 6.07) is 14.7. The van der Waals surface area contributed by atoms with Gasteiger partial charge >= 0.3 is 0 Å². The molecule has 0 saturated heterocycles. The minimum atomic E-state index is -0.537. The second-order valence-corrected chi connectivity index (χ2v) is 18.6. The van der Waals surface area contributed by atoms with E-state index in [1.54, 1.807) is 36.4 Å². The Kier molecular flexibility index (Phi) is 11.9. The number of nitro groups is 2. The van der Waals surface area contributed by atoms with E-state index < -0.39 is 31.5 Å². The lowest BCUT2D eigenvalue weighted by Crippen LogP contribution is -2.28. The van der Waals surface area contributed by atoms with E-state index >= 15 is 0 Å². The molecule has 13 heteroatoms. The summed E-state index contributed by atoms with van der Waals surface area (Å²) in [7, 11) is 0. The van der Waals surface area contributed by atoms with E-state index in [1.807, 2.05) is 83.1 Å². The number of rotatable bonds is 8. The second kappa shape index (κ2) is 16.0. The van der Waals surface area contributed by atoms with Gasteiger partial charge in [-0.1, -0.05) is 83.1 Å². The monoisotopic (exact) mass is 798 g/mol. The molecule has 0 saturated carbocycles. The molecule has 1 aromatic heterocycles. The SMILES string of the molecule is CC(C)(C)C1=CC(=C(N=Nc2ccc([N+](=O)[O-])cc2)c2ccc(C(N=Nc3ccc([N+](=O)[O-])cc3)=C3C=C(C(C)(C)C)C(=O)C(C(C)(C)C)=C3)o2)C=C(C(C)(C)C)C1=O. The Labute approximate surface area is 344 Å². The number of carbonyl (C=O) groups is 2. The molecule has 0 amide bonds. The van der Waals surface area contributed by atoms with Gasteiger partial charge in [-0.3, -0.25) is 29.8 Å². The summed E-state index contributed by atoms with van der Waals surface area (Å²) >= 11 is 0. The molecule has 0 radical (unpaired) electrons. The molecule has 0 aliphatic heterocycles. The van der Waals surface area contributed by atoms with Crippen LogP contribution in [0.3, 0.4) is 0 Å². The van der Waals surface area contributed by atoms with E-state index in [9.17, 15) is 29.8 Å². The van der Waals surface area contributed by atoms with Crippen molar-refractivity contribution in [3.8, 4) is 0 Å². The Morgan fingerprint density at radius 3 is 0.983 bits per heavy atom. The highest BCUT2D eigenvalue weighted by atomic mass is 16.6. The maximum Gasteiger partial charge on any atom is 0.269 e. The second-order valence-electron chi connectivity index (χ2n) is 18.6. The van der Waals surface area contributed by atoms with E-state index in [4.69, 9.17) is 4.42 Å². The third-order valence-corrected chi connectivity index (χ3v) is 9.68. The molecule has 0 unspecified atom stereocenters. The predicted octanol–water partition coefficient (Wildman–Crippen LogP) is 13.1. The first-order valence-electron chi connectivity index (χ1n) is 19.2. The number of hydrogen-bond donors (Lipinski definition) is 0. The van der Waals surface area contributed by atoms with Crippen LogP contribution in [0.2, 0.25) is 0 Å². The molecule has 59 heavy (non-hydrogen) atoms. The van der Waals surface area contributed by atoms with E-state index in [1.165, 1.54) is 48.5 Å². The Hall–Kier alpha value is -6.50. The minimum absolute atomic E-state index is 0.0751. The van der Waals surface area contributed by atoms with E-state index in [0.717, 1.165) is 0 Å². The lowest BCUT2D eigenvalue weighted by molar-refractivity contribution is -0.385. The smallest absolute Gasteiger partial charge is 0.269 e. The average molecular weight is 799 g/mol. The van der Waals surface area contributed by atoms with Crippen LogP contribution in [0, 0.1) is 41.9 Å². The van der Waals surface area contributed by atoms with Gasteiger partial charge in [-0.05, 0) is 82.4 Å². The average Bonchev–Trinajstić information content (AvgIpc) is 3.60. The van der Waals surface area contributed by atoms with Crippen LogP contribution in [0.15, 0.2) is 143 Å². The van der Waals surface area contributed by atoms with Crippen molar-refractivity contribution in [2.75, 3.05) is 0 Å². The molecule has 3 aromatic rings. The number of nitro benzene ring substituents is 2. The fourth-order valence-corrected chi connectivity index (χ4v) is 6.35. The van der Waals surface area contributed by atoms with Gasteiger partial charge in [0, 0.05) is 57.7 Å². The maximum atomic E-state index is 13.9. The number of hydrogen-bond acceptors (Lipinski definition) is 11. The van der Waals surface area contributed by atoms with Crippen molar-refractivity contribution in [1.82, 2.24) is 0 Å². The predicted molar refractivity (Wildman–Crippen MR) is 228 cm³/mol. The van der Waals surface area contributed by atoms with Gasteiger partial charge < -0.3 is 4.42 Å². The zero-order chi connectivity index (χ0) is 43.8. The highest BCUT2D eigenvalue weighted by Crippen LogP contribution is 2.44. The van der Waals surface area contributed by atoms with Crippen LogP contribution in [0.4, 0.5) is 22.7 Å². The highest BCUT2D eigenvalue weighted by Gasteiger charge is 2.37. The number of ketones is 2. The molecule has 0 bridgehead atoms. The van der Waals surface area contributed by atoms with Crippen LogP contribution in [0.5, 0.6) is 0 Å². The van der Waals surface area contributed by atoms with Crippen LogP contribution < -0.4 is 0 Å². The molecule has 2 aliphatic rings. The molecule has 0 fully saturated rings. The minimum Gasteiger partial charge on any atom is -0.453 e. The van der Waals surface area contributed by atoms with E-state index in [0.29, 0.717) is 44.8 Å². The van der Waals surface area contributed by atoms with Gasteiger partial charge in [0.05, 0.1) is 21.2 Å². The Morgan fingerprint density at radius 2 is 0.746 bits per heavy atom. The first-order valence-corrected chi connectivity index (χ1v) is 19.2. The van der Waals surface area contributed by atoms with Crippen molar-refractivity contribution in [1.29, 1.82) is 0 Å². The molecule has 2 aliphatic carbocycles. The normalized spacial score (nSPS) is 15.7. The van der Waals surface area contributed by atoms with Crippen molar-refractivity contribution in [3.05, 3.63) is 150 Å². The number of non-ortho nitro benzene ring substituents is 2. The van der Waals surface area contributed by atoms with Gasteiger partial charge in [0.25, 0.3) is 11.4 Å².